The average Bonchev–Trinajstić information content (AvgIpc) is 3.17. The number of benzene rings is 1. The SMILES string of the molecule is Cc1cp(C2(p3cc(C)c(C)c3)OC(=O)c3ccccc32)cc1C. The fraction of sp³-hybridized carbons (Fsp3) is 0.250. The van der Waals surface area contributed by atoms with Gasteiger partial charge in [-0.05, 0) is 79.2 Å². The van der Waals surface area contributed by atoms with Crippen molar-refractivity contribution in [2.45, 2.75) is 32.8 Å². The molecule has 0 unspecified atom stereocenters. The number of carbonyl (C=O) groups is 1. The lowest BCUT2D eigenvalue weighted by molar-refractivity contribution is 0.0461. The van der Waals surface area contributed by atoms with Gasteiger partial charge < -0.3 is 4.74 Å². The molecule has 0 amide bonds. The van der Waals surface area contributed by atoms with Crippen molar-refractivity contribution in [3.05, 3.63) is 80.8 Å². The van der Waals surface area contributed by atoms with Crippen LogP contribution < -0.4 is 0 Å². The van der Waals surface area contributed by atoms with Crippen LogP contribution in [-0.2, 0) is 9.82 Å². The molecule has 0 N–H and O–H groups in total. The monoisotopic (exact) mass is 354 g/mol. The third kappa shape index (κ3) is 2.07. The Kier molecular flexibility index (Phi) is 3.53. The molecule has 0 radical (unpaired) electrons. The molecular weight excluding hydrogens is 334 g/mol. The summed E-state index contributed by atoms with van der Waals surface area (Å²) < 4.78 is 6.22. The number of esters is 1. The van der Waals surface area contributed by atoms with Crippen LogP contribution in [-0.4, -0.2) is 5.97 Å². The first kappa shape index (κ1) is 15.8. The van der Waals surface area contributed by atoms with Crippen molar-refractivity contribution < 1.29 is 9.53 Å². The molecule has 3 heterocycles. The number of carbonyl (C=O) groups excluding carboxylic acids is 1. The van der Waals surface area contributed by atoms with Gasteiger partial charge in [0, 0.05) is 5.56 Å². The van der Waals surface area contributed by atoms with E-state index in [1.807, 2.05) is 18.2 Å². The van der Waals surface area contributed by atoms with E-state index in [0.717, 1.165) is 11.1 Å². The number of hydrogen-bond acceptors (Lipinski definition) is 2. The fourth-order valence-corrected chi connectivity index (χ4v) is 9.78. The summed E-state index contributed by atoms with van der Waals surface area (Å²) in [7, 11) is -1.40. The summed E-state index contributed by atoms with van der Waals surface area (Å²) in [4.78, 5) is 12.6. The van der Waals surface area contributed by atoms with Crippen molar-refractivity contribution in [2.24, 2.45) is 0 Å². The van der Waals surface area contributed by atoms with E-state index in [4.69, 9.17) is 4.74 Å². The molecule has 1 aliphatic rings. The Morgan fingerprint density at radius 3 is 1.75 bits per heavy atom. The van der Waals surface area contributed by atoms with Crippen LogP contribution in [0.3, 0.4) is 0 Å². The molecule has 0 spiro atoms. The van der Waals surface area contributed by atoms with Crippen molar-refractivity contribution in [3.63, 3.8) is 0 Å². The second-order valence-electron chi connectivity index (χ2n) is 6.61. The highest BCUT2D eigenvalue weighted by Crippen LogP contribution is 2.69. The van der Waals surface area contributed by atoms with Gasteiger partial charge in [0.15, 0.2) is 0 Å². The zero-order chi connectivity index (χ0) is 17.1. The lowest BCUT2D eigenvalue weighted by atomic mass is 10.1. The molecule has 2 nitrogen and oxygen atoms in total. The Balaban J connectivity index is 2.07. The van der Waals surface area contributed by atoms with Gasteiger partial charge in [0.25, 0.3) is 0 Å². The maximum Gasteiger partial charge on any atom is 0.340 e. The first-order valence-corrected chi connectivity index (χ1v) is 11.0. The molecule has 2 aromatic heterocycles. The molecule has 122 valence electrons. The Bertz CT molecular complexity index is 877. The molecule has 0 saturated carbocycles. The highest BCUT2D eigenvalue weighted by Gasteiger charge is 2.48. The number of hydrogen-bond donors (Lipinski definition) is 0. The minimum absolute atomic E-state index is 0.177. The zero-order valence-electron chi connectivity index (χ0n) is 14.3. The van der Waals surface area contributed by atoms with E-state index in [-0.39, 0.29) is 5.97 Å². The predicted octanol–water partition coefficient (Wildman–Crippen LogP) is 6.27. The fourth-order valence-electron chi connectivity index (χ4n) is 3.37. The topological polar surface area (TPSA) is 26.3 Å². The van der Waals surface area contributed by atoms with Crippen molar-refractivity contribution in [2.75, 3.05) is 0 Å². The minimum atomic E-state index is -0.699. The van der Waals surface area contributed by atoms with Crippen molar-refractivity contribution >= 4 is 21.0 Å². The molecule has 0 atom stereocenters. The van der Waals surface area contributed by atoms with E-state index in [0.29, 0.717) is 0 Å². The normalized spacial score (nSPS) is 15.4. The molecule has 0 saturated heterocycles. The van der Waals surface area contributed by atoms with E-state index in [1.165, 1.54) is 22.3 Å². The third-order valence-electron chi connectivity index (χ3n) is 5.01. The molecule has 1 aromatic carbocycles. The van der Waals surface area contributed by atoms with E-state index in [2.05, 4.69) is 57.0 Å². The Hall–Kier alpha value is -1.75. The van der Waals surface area contributed by atoms with E-state index >= 15 is 0 Å². The van der Waals surface area contributed by atoms with Gasteiger partial charge in [-0.25, -0.2) is 4.79 Å². The molecular formula is C20H20O2P2. The van der Waals surface area contributed by atoms with Crippen LogP contribution in [0.25, 0.3) is 0 Å². The van der Waals surface area contributed by atoms with Crippen LogP contribution in [0.5, 0.6) is 0 Å². The van der Waals surface area contributed by atoms with Gasteiger partial charge in [0.05, 0.1) is 5.56 Å². The molecule has 1 aliphatic heterocycles. The van der Waals surface area contributed by atoms with Gasteiger partial charge in [-0.1, -0.05) is 33.3 Å². The van der Waals surface area contributed by atoms with Gasteiger partial charge in [0.2, 0.25) is 5.08 Å². The summed E-state index contributed by atoms with van der Waals surface area (Å²) in [6, 6.07) is 7.92. The zero-order valence-corrected chi connectivity index (χ0v) is 16.1. The Morgan fingerprint density at radius 2 is 1.25 bits per heavy atom. The lowest BCUT2D eigenvalue weighted by Gasteiger charge is -2.29. The number of fused-ring (bicyclic) bond motifs is 1. The van der Waals surface area contributed by atoms with Crippen molar-refractivity contribution in [1.29, 1.82) is 0 Å². The second kappa shape index (κ2) is 5.38. The first-order chi connectivity index (χ1) is 11.4. The van der Waals surface area contributed by atoms with Crippen LogP contribution in [0.4, 0.5) is 0 Å². The van der Waals surface area contributed by atoms with Crippen LogP contribution in [0.15, 0.2) is 47.5 Å². The van der Waals surface area contributed by atoms with Gasteiger partial charge >= 0.3 is 5.97 Å². The minimum Gasteiger partial charge on any atom is -0.434 e. The number of ether oxygens (including phenoxy) is 1. The summed E-state index contributed by atoms with van der Waals surface area (Å²) in [6.07, 6.45) is 0. The van der Waals surface area contributed by atoms with Gasteiger partial charge in [-0.2, -0.15) is 0 Å². The highest BCUT2D eigenvalue weighted by atomic mass is 31.2. The van der Waals surface area contributed by atoms with Crippen LogP contribution in [0, 0.1) is 27.7 Å². The summed E-state index contributed by atoms with van der Waals surface area (Å²) in [5, 5.41) is -0.545. The molecule has 3 aromatic rings. The third-order valence-corrected chi connectivity index (χ3v) is 11.1. The second-order valence-corrected chi connectivity index (χ2v) is 10.9. The van der Waals surface area contributed by atoms with Gasteiger partial charge in [0.1, 0.15) is 0 Å². The van der Waals surface area contributed by atoms with E-state index < -0.39 is 20.2 Å². The largest absolute Gasteiger partial charge is 0.434 e. The predicted molar refractivity (Wildman–Crippen MR) is 102 cm³/mol. The van der Waals surface area contributed by atoms with Gasteiger partial charge in [-0.3, -0.25) is 0 Å². The number of aryl methyl sites for hydroxylation is 4. The molecule has 0 fully saturated rings. The first-order valence-electron chi connectivity index (χ1n) is 8.07. The molecule has 4 heteroatoms. The standard InChI is InChI=1S/C20H20O2P2/c1-13-9-23(10-14(13)2)20(24-11-15(3)16(4)12-24)18-8-6-5-7-17(18)19(21)22-20/h5-12H,1-4H3. The summed E-state index contributed by atoms with van der Waals surface area (Å²) >= 11 is 0. The average molecular weight is 354 g/mol. The molecule has 24 heavy (non-hydrogen) atoms. The van der Waals surface area contributed by atoms with Crippen LogP contribution >= 0.6 is 15.1 Å². The quantitative estimate of drug-likeness (QED) is 0.507. The molecule has 0 bridgehead atoms. The maximum atomic E-state index is 12.6. The summed E-state index contributed by atoms with van der Waals surface area (Å²) in [5.41, 5.74) is 7.01. The number of cyclic esters (lactones) is 1. The number of rotatable bonds is 2. The van der Waals surface area contributed by atoms with E-state index in [9.17, 15) is 4.79 Å². The van der Waals surface area contributed by atoms with Gasteiger partial charge in [-0.15, -0.1) is 0 Å². The van der Waals surface area contributed by atoms with Crippen LogP contribution in [0.1, 0.15) is 38.2 Å². The summed E-state index contributed by atoms with van der Waals surface area (Å²) in [5.74, 6) is 9.13. The van der Waals surface area contributed by atoms with E-state index in [1.54, 1.807) is 0 Å². The van der Waals surface area contributed by atoms with Crippen molar-refractivity contribution in [1.82, 2.24) is 0 Å². The molecule has 4 rings (SSSR count). The smallest absolute Gasteiger partial charge is 0.340 e. The van der Waals surface area contributed by atoms with Crippen LogP contribution in [0.2, 0.25) is 0 Å². The molecule has 0 aliphatic carbocycles. The maximum absolute atomic E-state index is 12.6. The summed E-state index contributed by atoms with van der Waals surface area (Å²) in [6.45, 7) is 8.59. The Labute approximate surface area is 144 Å². The Morgan fingerprint density at radius 1 is 0.792 bits per heavy atom. The van der Waals surface area contributed by atoms with Crippen molar-refractivity contribution in [3.8, 4) is 0 Å². The lowest BCUT2D eigenvalue weighted by Crippen LogP contribution is -2.14. The highest BCUT2D eigenvalue weighted by molar-refractivity contribution is 7.68.